The van der Waals surface area contributed by atoms with Gasteiger partial charge in [-0.25, -0.2) is 9.69 Å². The summed E-state index contributed by atoms with van der Waals surface area (Å²) >= 11 is 0. The molecule has 2 N–H and O–H groups in total. The number of imide groups is 1. The van der Waals surface area contributed by atoms with Crippen LogP contribution in [0.25, 0.3) is 0 Å². The van der Waals surface area contributed by atoms with Crippen molar-refractivity contribution in [3.63, 3.8) is 0 Å². The summed E-state index contributed by atoms with van der Waals surface area (Å²) in [4.78, 5) is 42.9. The zero-order chi connectivity index (χ0) is 30.9. The number of halogens is 3. The minimum Gasteiger partial charge on any atom is -0.355 e. The molecule has 2 aliphatic heterocycles. The third kappa shape index (κ3) is 5.89. The number of piperazine rings is 1. The van der Waals surface area contributed by atoms with Gasteiger partial charge in [0.25, 0.3) is 5.91 Å². The van der Waals surface area contributed by atoms with Crippen LogP contribution in [0.4, 0.5) is 35.0 Å². The quantitative estimate of drug-likeness (QED) is 0.375. The number of carbonyl (C=O) groups excluding carboxylic acids is 3. The normalized spacial score (nSPS) is 16.9. The number of urea groups is 1. The second kappa shape index (κ2) is 11.4. The molecule has 3 aromatic rings. The number of benzene rings is 3. The summed E-state index contributed by atoms with van der Waals surface area (Å²) < 4.78 is 40.8. The second-order valence-corrected chi connectivity index (χ2v) is 10.9. The summed E-state index contributed by atoms with van der Waals surface area (Å²) in [6.07, 6.45) is -4.84. The van der Waals surface area contributed by atoms with Gasteiger partial charge in [-0.15, -0.1) is 0 Å². The van der Waals surface area contributed by atoms with E-state index in [0.29, 0.717) is 37.0 Å². The van der Waals surface area contributed by atoms with E-state index >= 15 is 0 Å². The number of anilines is 3. The molecule has 0 aromatic heterocycles. The highest BCUT2D eigenvalue weighted by atomic mass is 19.4. The van der Waals surface area contributed by atoms with Gasteiger partial charge in [-0.2, -0.15) is 18.4 Å². The van der Waals surface area contributed by atoms with E-state index in [1.807, 2.05) is 36.4 Å². The molecule has 0 saturated carbocycles. The monoisotopic (exact) mass is 590 g/mol. The van der Waals surface area contributed by atoms with Gasteiger partial charge in [0, 0.05) is 31.0 Å². The molecule has 0 spiro atoms. The lowest BCUT2D eigenvalue weighted by Gasteiger charge is -2.28. The van der Waals surface area contributed by atoms with E-state index in [1.165, 1.54) is 17.0 Å². The fraction of sp³-hybridized carbons (Fsp3) is 0.290. The third-order valence-electron chi connectivity index (χ3n) is 7.65. The maximum atomic E-state index is 13.6. The van der Waals surface area contributed by atoms with E-state index in [-0.39, 0.29) is 18.1 Å². The van der Waals surface area contributed by atoms with E-state index in [1.54, 1.807) is 30.9 Å². The fourth-order valence-electron chi connectivity index (χ4n) is 5.16. The van der Waals surface area contributed by atoms with Gasteiger partial charge in [0.05, 0.1) is 36.0 Å². The fourth-order valence-corrected chi connectivity index (χ4v) is 5.16. The van der Waals surface area contributed by atoms with Crippen LogP contribution in [0.1, 0.15) is 36.1 Å². The van der Waals surface area contributed by atoms with Crippen molar-refractivity contribution >= 4 is 34.9 Å². The first-order valence-electron chi connectivity index (χ1n) is 13.6. The Kier molecular flexibility index (Phi) is 7.86. The molecule has 4 amide bonds. The predicted molar refractivity (Wildman–Crippen MR) is 153 cm³/mol. The Balaban J connectivity index is 1.36. The number of rotatable bonds is 7. The van der Waals surface area contributed by atoms with Crippen molar-refractivity contribution in [2.75, 3.05) is 29.9 Å². The van der Waals surface area contributed by atoms with E-state index in [0.717, 1.165) is 28.8 Å². The van der Waals surface area contributed by atoms with Crippen molar-refractivity contribution in [3.8, 4) is 6.07 Å². The number of para-hydroxylation sites is 1. The summed E-state index contributed by atoms with van der Waals surface area (Å²) in [5, 5.41) is 15.5. The Morgan fingerprint density at radius 2 is 1.72 bits per heavy atom. The Morgan fingerprint density at radius 3 is 2.40 bits per heavy atom. The van der Waals surface area contributed by atoms with Crippen LogP contribution in [0.2, 0.25) is 0 Å². The van der Waals surface area contributed by atoms with Crippen LogP contribution >= 0.6 is 0 Å². The van der Waals surface area contributed by atoms with Crippen LogP contribution in [0.5, 0.6) is 0 Å². The van der Waals surface area contributed by atoms with Crippen molar-refractivity contribution in [1.82, 2.24) is 15.1 Å². The average molecular weight is 591 g/mol. The van der Waals surface area contributed by atoms with Gasteiger partial charge in [0.15, 0.2) is 0 Å². The summed E-state index contributed by atoms with van der Waals surface area (Å²) in [7, 11) is 0. The van der Waals surface area contributed by atoms with Crippen molar-refractivity contribution in [2.24, 2.45) is 0 Å². The smallest absolute Gasteiger partial charge is 0.355 e. The lowest BCUT2D eigenvalue weighted by molar-refractivity contribution is -0.138. The number of nitriles is 1. The zero-order valence-corrected chi connectivity index (χ0v) is 23.5. The molecule has 2 saturated heterocycles. The first-order chi connectivity index (χ1) is 20.4. The molecule has 222 valence electrons. The van der Waals surface area contributed by atoms with Crippen LogP contribution in [-0.2, 0) is 28.9 Å². The summed E-state index contributed by atoms with van der Waals surface area (Å²) in [5.41, 5.74) is -0.324. The molecule has 0 bridgehead atoms. The molecule has 12 heteroatoms. The average Bonchev–Trinajstić information content (AvgIpc) is 3.14. The van der Waals surface area contributed by atoms with E-state index < -0.39 is 34.8 Å². The molecular formula is C31H29F3N6O3. The maximum absolute atomic E-state index is 13.6. The van der Waals surface area contributed by atoms with E-state index in [9.17, 15) is 27.6 Å². The van der Waals surface area contributed by atoms with Gasteiger partial charge in [-0.1, -0.05) is 30.3 Å². The predicted octanol–water partition coefficient (Wildman–Crippen LogP) is 5.00. The number of carbonyl (C=O) groups is 3. The first-order valence-corrected chi connectivity index (χ1v) is 13.6. The highest BCUT2D eigenvalue weighted by molar-refractivity contribution is 6.23. The van der Waals surface area contributed by atoms with E-state index in [4.69, 9.17) is 5.26 Å². The molecule has 9 nitrogen and oxygen atoms in total. The first kappa shape index (κ1) is 29.6. The van der Waals surface area contributed by atoms with Crippen molar-refractivity contribution in [1.29, 1.82) is 5.26 Å². The highest BCUT2D eigenvalue weighted by Gasteiger charge is 2.52. The number of amides is 4. The summed E-state index contributed by atoms with van der Waals surface area (Å²) in [6.45, 7) is 5.33. The second-order valence-electron chi connectivity index (χ2n) is 10.9. The molecule has 2 fully saturated rings. The SMILES string of the molecule is CC1(C)C(=O)N(c2ccc(C#N)c(C(F)(F)F)c2)C(=O)N1Cc1ccccc1Nc1ccc(CN2CCNCC2=O)cc1. The molecule has 0 unspecified atom stereocenters. The van der Waals surface area contributed by atoms with Crippen molar-refractivity contribution < 1.29 is 27.6 Å². The zero-order valence-electron chi connectivity index (χ0n) is 23.5. The van der Waals surface area contributed by atoms with Crippen LogP contribution < -0.4 is 15.5 Å². The lowest BCUT2D eigenvalue weighted by atomic mass is 10.0. The summed E-state index contributed by atoms with van der Waals surface area (Å²) in [5.74, 6) is -0.627. The van der Waals surface area contributed by atoms with Crippen LogP contribution in [0, 0.1) is 11.3 Å². The molecule has 2 aliphatic rings. The summed E-state index contributed by atoms with van der Waals surface area (Å²) in [6, 6.07) is 18.4. The number of alkyl halides is 3. The largest absolute Gasteiger partial charge is 0.417 e. The Hall–Kier alpha value is -4.89. The molecule has 0 atom stereocenters. The van der Waals surface area contributed by atoms with Crippen LogP contribution in [0.15, 0.2) is 66.7 Å². The Labute approximate surface area is 246 Å². The molecule has 3 aromatic carbocycles. The van der Waals surface area contributed by atoms with E-state index in [2.05, 4.69) is 10.6 Å². The Bertz CT molecular complexity index is 1610. The molecule has 2 heterocycles. The molecule has 5 rings (SSSR count). The minimum absolute atomic E-state index is 0.00282. The third-order valence-corrected chi connectivity index (χ3v) is 7.65. The number of nitrogens with one attached hydrogen (secondary N) is 2. The molecule has 0 radical (unpaired) electrons. The van der Waals surface area contributed by atoms with Gasteiger partial charge in [-0.3, -0.25) is 9.59 Å². The lowest BCUT2D eigenvalue weighted by Crippen LogP contribution is -2.47. The topological polar surface area (TPSA) is 109 Å². The van der Waals surface area contributed by atoms with Gasteiger partial charge < -0.3 is 20.4 Å². The number of hydrogen-bond donors (Lipinski definition) is 2. The standard InChI is InChI=1S/C31H29F3N6O3/c1-30(2)28(42)40(24-12-9-21(16-35)25(15-24)31(32,33)34)29(43)39(30)19-22-5-3-4-6-26(22)37-23-10-7-20(8-11-23)18-38-14-13-36-17-27(38)41/h3-12,15,36-37H,13-14,17-19H2,1-2H3. The van der Waals surface area contributed by atoms with Crippen LogP contribution in [-0.4, -0.2) is 52.8 Å². The van der Waals surface area contributed by atoms with Gasteiger partial charge in [0.2, 0.25) is 5.91 Å². The van der Waals surface area contributed by atoms with Crippen molar-refractivity contribution in [2.45, 2.75) is 38.7 Å². The minimum atomic E-state index is -4.84. The van der Waals surface area contributed by atoms with Crippen molar-refractivity contribution in [3.05, 3.63) is 89.0 Å². The number of hydrogen-bond acceptors (Lipinski definition) is 6. The molecule has 0 aliphatic carbocycles. The Morgan fingerprint density at radius 1 is 1.00 bits per heavy atom. The van der Waals surface area contributed by atoms with Gasteiger partial charge in [0.1, 0.15) is 5.54 Å². The van der Waals surface area contributed by atoms with Gasteiger partial charge >= 0.3 is 12.2 Å². The molecular weight excluding hydrogens is 561 g/mol. The van der Waals surface area contributed by atoms with Crippen LogP contribution in [0.3, 0.4) is 0 Å². The van der Waals surface area contributed by atoms with Gasteiger partial charge in [-0.05, 0) is 61.4 Å². The number of nitrogens with zero attached hydrogens (tertiary/aromatic N) is 4. The molecule has 43 heavy (non-hydrogen) atoms. The highest BCUT2D eigenvalue weighted by Crippen LogP contribution is 2.38. The maximum Gasteiger partial charge on any atom is 0.417 e.